The van der Waals surface area contributed by atoms with E-state index in [2.05, 4.69) is 15.5 Å². The van der Waals surface area contributed by atoms with Crippen LogP contribution in [0, 0.1) is 0 Å². The molecule has 5 rings (SSSR count). The highest BCUT2D eigenvalue weighted by Gasteiger charge is 2.45. The molecule has 3 N–H and O–H groups in total. The van der Waals surface area contributed by atoms with Crippen molar-refractivity contribution in [3.05, 3.63) is 70.8 Å². The second-order valence-corrected chi connectivity index (χ2v) is 8.97. The van der Waals surface area contributed by atoms with Gasteiger partial charge >= 0.3 is 0 Å². The van der Waals surface area contributed by atoms with Crippen LogP contribution < -0.4 is 10.6 Å². The molecule has 0 aliphatic carbocycles. The van der Waals surface area contributed by atoms with Gasteiger partial charge in [0.1, 0.15) is 6.04 Å². The highest BCUT2D eigenvalue weighted by molar-refractivity contribution is 6.24. The number of β-amino-alcohol motifs (C(OH)–C–C–N with tert-alkyl or cyclic N) is 1. The van der Waals surface area contributed by atoms with E-state index in [-0.39, 0.29) is 30.0 Å². The summed E-state index contributed by atoms with van der Waals surface area (Å²) in [5.41, 5.74) is 2.29. The molecule has 0 spiro atoms. The molecule has 34 heavy (non-hydrogen) atoms. The van der Waals surface area contributed by atoms with Crippen molar-refractivity contribution in [1.29, 1.82) is 0 Å². The number of benzene rings is 2. The monoisotopic (exact) mass is 462 g/mol. The Labute approximate surface area is 196 Å². The molecule has 4 amide bonds. The average Bonchev–Trinajstić information content (AvgIpc) is 3.36. The fourth-order valence-electron chi connectivity index (χ4n) is 5.07. The van der Waals surface area contributed by atoms with Gasteiger partial charge in [-0.1, -0.05) is 42.5 Å². The molecule has 176 valence electrons. The maximum absolute atomic E-state index is 13.4. The van der Waals surface area contributed by atoms with E-state index >= 15 is 0 Å². The molecule has 3 aliphatic rings. The van der Waals surface area contributed by atoms with Gasteiger partial charge in [0.2, 0.25) is 11.8 Å². The zero-order chi connectivity index (χ0) is 23.8. The van der Waals surface area contributed by atoms with Gasteiger partial charge in [0.15, 0.2) is 0 Å². The van der Waals surface area contributed by atoms with Crippen LogP contribution in [0.25, 0.3) is 0 Å². The Bertz CT molecular complexity index is 1150. The Balaban J connectivity index is 1.45. The highest BCUT2D eigenvalue weighted by atomic mass is 16.3. The van der Waals surface area contributed by atoms with Crippen LogP contribution in [0.3, 0.4) is 0 Å². The second kappa shape index (κ2) is 9.09. The topological polar surface area (TPSA) is 119 Å². The molecule has 0 radical (unpaired) electrons. The molecule has 3 atom stereocenters. The molecule has 1 unspecified atom stereocenters. The summed E-state index contributed by atoms with van der Waals surface area (Å²) < 4.78 is 0. The summed E-state index contributed by atoms with van der Waals surface area (Å²) >= 11 is 0. The van der Waals surface area contributed by atoms with E-state index in [1.807, 2.05) is 36.4 Å². The maximum atomic E-state index is 13.4. The molecule has 2 aromatic rings. The van der Waals surface area contributed by atoms with E-state index in [4.69, 9.17) is 0 Å². The summed E-state index contributed by atoms with van der Waals surface area (Å²) in [6.45, 7) is 2.01. The standard InChI is InChI=1S/C25H26N4O5/c30-20-12-26-11-19(20)28(13-15-5-2-1-3-6-15)14-16-7-4-8-17-22(16)25(34)29(24(17)33)18-9-10-21(31)27-23(18)32/h1-8,18-20,26,30H,9-14H2,(H,27,31,32)/t18?,19-,20-/m1/s1. The van der Waals surface area contributed by atoms with E-state index < -0.39 is 35.8 Å². The molecule has 2 fully saturated rings. The van der Waals surface area contributed by atoms with Crippen LogP contribution in [0.2, 0.25) is 0 Å². The normalized spacial score (nSPS) is 24.6. The van der Waals surface area contributed by atoms with Crippen LogP contribution in [0.1, 0.15) is 44.7 Å². The second-order valence-electron chi connectivity index (χ2n) is 8.97. The van der Waals surface area contributed by atoms with Crippen molar-refractivity contribution in [2.45, 2.75) is 44.1 Å². The third-order valence-electron chi connectivity index (χ3n) is 6.78. The average molecular weight is 463 g/mol. The van der Waals surface area contributed by atoms with Gasteiger partial charge in [-0.15, -0.1) is 0 Å². The third-order valence-corrected chi connectivity index (χ3v) is 6.78. The number of imide groups is 2. The van der Waals surface area contributed by atoms with Gasteiger partial charge in [0.25, 0.3) is 11.8 Å². The molecule has 2 saturated heterocycles. The van der Waals surface area contributed by atoms with Crippen molar-refractivity contribution in [2.24, 2.45) is 0 Å². The largest absolute Gasteiger partial charge is 0.390 e. The number of amides is 4. The molecule has 9 nitrogen and oxygen atoms in total. The van der Waals surface area contributed by atoms with Crippen LogP contribution in [0.5, 0.6) is 0 Å². The van der Waals surface area contributed by atoms with Gasteiger partial charge in [-0.2, -0.15) is 0 Å². The Morgan fingerprint density at radius 2 is 1.74 bits per heavy atom. The lowest BCUT2D eigenvalue weighted by molar-refractivity contribution is -0.136. The minimum Gasteiger partial charge on any atom is -0.390 e. The van der Waals surface area contributed by atoms with Crippen LogP contribution in [-0.2, 0) is 22.7 Å². The smallest absolute Gasteiger partial charge is 0.262 e. The number of aliphatic hydroxyl groups excluding tert-OH is 1. The fourth-order valence-corrected chi connectivity index (χ4v) is 5.07. The summed E-state index contributed by atoms with van der Waals surface area (Å²) in [5.74, 6) is -2.07. The first-order chi connectivity index (χ1) is 16.4. The van der Waals surface area contributed by atoms with Crippen molar-refractivity contribution in [3.63, 3.8) is 0 Å². The van der Waals surface area contributed by atoms with Crippen LogP contribution in [0.15, 0.2) is 48.5 Å². The Morgan fingerprint density at radius 3 is 2.44 bits per heavy atom. The fraction of sp³-hybridized carbons (Fsp3) is 0.360. The zero-order valence-corrected chi connectivity index (χ0v) is 18.6. The number of piperidine rings is 1. The SMILES string of the molecule is O=C1CCC(N2C(=O)c3cccc(CN(Cc4ccccc4)[C@@H]4CNC[C@H]4O)c3C2=O)C(=O)N1. The number of rotatable bonds is 6. The molecule has 0 aromatic heterocycles. The van der Waals surface area contributed by atoms with E-state index in [1.54, 1.807) is 12.1 Å². The van der Waals surface area contributed by atoms with Crippen molar-refractivity contribution >= 4 is 23.6 Å². The molecular formula is C25H26N4O5. The number of hydrogen-bond donors (Lipinski definition) is 3. The van der Waals surface area contributed by atoms with E-state index in [9.17, 15) is 24.3 Å². The number of carbonyl (C=O) groups excluding carboxylic acids is 4. The zero-order valence-electron chi connectivity index (χ0n) is 18.6. The molecule has 0 saturated carbocycles. The molecular weight excluding hydrogens is 436 g/mol. The molecule has 0 bridgehead atoms. The first-order valence-corrected chi connectivity index (χ1v) is 11.4. The lowest BCUT2D eigenvalue weighted by Gasteiger charge is -2.31. The van der Waals surface area contributed by atoms with Crippen LogP contribution in [-0.4, -0.2) is 69.8 Å². The molecule has 9 heteroatoms. The van der Waals surface area contributed by atoms with Crippen LogP contribution >= 0.6 is 0 Å². The highest BCUT2D eigenvalue weighted by Crippen LogP contribution is 2.31. The number of nitrogens with one attached hydrogen (secondary N) is 2. The minimum absolute atomic E-state index is 0.0775. The quantitative estimate of drug-likeness (QED) is 0.533. The maximum Gasteiger partial charge on any atom is 0.262 e. The Morgan fingerprint density at radius 1 is 0.941 bits per heavy atom. The van der Waals surface area contributed by atoms with Gasteiger partial charge in [-0.3, -0.25) is 34.3 Å². The number of fused-ring (bicyclic) bond motifs is 1. The van der Waals surface area contributed by atoms with Crippen molar-refractivity contribution in [1.82, 2.24) is 20.4 Å². The number of nitrogens with zero attached hydrogens (tertiary/aromatic N) is 2. The van der Waals surface area contributed by atoms with Gasteiger partial charge in [-0.05, 0) is 23.6 Å². The first kappa shape index (κ1) is 22.4. The summed E-state index contributed by atoms with van der Waals surface area (Å²) in [4.78, 5) is 53.6. The molecule has 2 aromatic carbocycles. The lowest BCUT2D eigenvalue weighted by Crippen LogP contribution is -2.54. The summed E-state index contributed by atoms with van der Waals surface area (Å²) in [5, 5.41) is 16.0. The van der Waals surface area contributed by atoms with Crippen molar-refractivity contribution < 1.29 is 24.3 Å². The number of carbonyl (C=O) groups is 4. The predicted molar refractivity (Wildman–Crippen MR) is 121 cm³/mol. The van der Waals surface area contributed by atoms with Gasteiger partial charge < -0.3 is 10.4 Å². The van der Waals surface area contributed by atoms with Gasteiger partial charge in [0.05, 0.1) is 17.2 Å². The summed E-state index contributed by atoms with van der Waals surface area (Å²) in [7, 11) is 0. The van der Waals surface area contributed by atoms with Crippen molar-refractivity contribution in [3.8, 4) is 0 Å². The number of aliphatic hydroxyl groups is 1. The Hall–Kier alpha value is -3.40. The Kier molecular flexibility index (Phi) is 5.99. The summed E-state index contributed by atoms with van der Waals surface area (Å²) in [6.07, 6.45) is -0.364. The summed E-state index contributed by atoms with van der Waals surface area (Å²) in [6, 6.07) is 13.9. The molecule has 3 aliphatic heterocycles. The minimum atomic E-state index is -1.00. The lowest BCUT2D eigenvalue weighted by atomic mass is 10.0. The first-order valence-electron chi connectivity index (χ1n) is 11.4. The third kappa shape index (κ3) is 4.02. The van der Waals surface area contributed by atoms with Crippen LogP contribution in [0.4, 0.5) is 0 Å². The van der Waals surface area contributed by atoms with Gasteiger partial charge in [-0.25, -0.2) is 0 Å². The number of hydrogen-bond acceptors (Lipinski definition) is 7. The van der Waals surface area contributed by atoms with E-state index in [0.29, 0.717) is 31.7 Å². The predicted octanol–water partition coefficient (Wildman–Crippen LogP) is 0.423. The van der Waals surface area contributed by atoms with E-state index in [1.165, 1.54) is 0 Å². The van der Waals surface area contributed by atoms with Gasteiger partial charge in [0, 0.05) is 38.6 Å². The van der Waals surface area contributed by atoms with E-state index in [0.717, 1.165) is 10.5 Å². The van der Waals surface area contributed by atoms with Crippen molar-refractivity contribution in [2.75, 3.05) is 13.1 Å². The molecule has 3 heterocycles.